The van der Waals surface area contributed by atoms with Crippen LogP contribution < -0.4 is 0 Å². The van der Waals surface area contributed by atoms with E-state index in [9.17, 15) is 4.79 Å². The Morgan fingerprint density at radius 3 is 2.75 bits per heavy atom. The minimum atomic E-state index is 0.316. The summed E-state index contributed by atoms with van der Waals surface area (Å²) in [4.78, 5) is 12.5. The molecule has 2 aliphatic rings. The van der Waals surface area contributed by atoms with Gasteiger partial charge in [0.05, 0.1) is 5.25 Å². The number of carbonyl (C=O) groups is 1. The van der Waals surface area contributed by atoms with E-state index < -0.39 is 0 Å². The van der Waals surface area contributed by atoms with E-state index in [1.54, 1.807) is 0 Å². The highest BCUT2D eigenvalue weighted by atomic mass is 32.2. The largest absolute Gasteiger partial charge is 0.298 e. The maximum atomic E-state index is 12.5. The molecule has 0 aromatic carbocycles. The lowest BCUT2D eigenvalue weighted by Gasteiger charge is -2.33. The first-order chi connectivity index (χ1) is 7.83. The first-order valence-electron chi connectivity index (χ1n) is 6.56. The maximum absolute atomic E-state index is 12.5. The quantitative estimate of drug-likeness (QED) is 0.769. The van der Waals surface area contributed by atoms with Crippen molar-refractivity contribution in [3.05, 3.63) is 0 Å². The summed E-state index contributed by atoms with van der Waals surface area (Å²) in [7, 11) is 0. The Bertz CT molecular complexity index is 236. The van der Waals surface area contributed by atoms with Gasteiger partial charge in [-0.1, -0.05) is 26.2 Å². The molecule has 0 amide bonds. The molecule has 0 aromatic heterocycles. The molecule has 1 saturated carbocycles. The molecule has 1 aliphatic heterocycles. The van der Waals surface area contributed by atoms with Crippen molar-refractivity contribution in [3.8, 4) is 0 Å². The zero-order valence-corrected chi connectivity index (χ0v) is 11.7. The number of thioether (sulfide) groups is 2. The van der Waals surface area contributed by atoms with Crippen LogP contribution in [0.5, 0.6) is 0 Å². The van der Waals surface area contributed by atoms with Crippen LogP contribution in [0.15, 0.2) is 0 Å². The third-order valence-corrected chi connectivity index (χ3v) is 6.70. The normalized spacial score (nSPS) is 35.9. The third-order valence-electron chi connectivity index (χ3n) is 3.93. The molecular weight excluding hydrogens is 236 g/mol. The zero-order valence-electron chi connectivity index (χ0n) is 10.1. The van der Waals surface area contributed by atoms with Crippen LogP contribution in [-0.4, -0.2) is 28.3 Å². The lowest BCUT2D eigenvalue weighted by molar-refractivity contribution is -0.124. The fourth-order valence-corrected chi connectivity index (χ4v) is 5.66. The lowest BCUT2D eigenvalue weighted by Crippen LogP contribution is -2.35. The minimum absolute atomic E-state index is 0.316. The van der Waals surface area contributed by atoms with E-state index in [2.05, 4.69) is 6.92 Å². The zero-order chi connectivity index (χ0) is 11.4. The molecule has 0 N–H and O–H groups in total. The van der Waals surface area contributed by atoms with Crippen molar-refractivity contribution >= 4 is 29.3 Å². The lowest BCUT2D eigenvalue weighted by atomic mass is 9.75. The molecule has 92 valence electrons. The van der Waals surface area contributed by atoms with E-state index in [1.165, 1.54) is 43.6 Å². The van der Waals surface area contributed by atoms with Gasteiger partial charge < -0.3 is 0 Å². The number of carbonyl (C=O) groups excluding carboxylic acids is 1. The summed E-state index contributed by atoms with van der Waals surface area (Å²) < 4.78 is 0. The smallest absolute Gasteiger partial charge is 0.149 e. The van der Waals surface area contributed by atoms with E-state index in [4.69, 9.17) is 0 Å². The van der Waals surface area contributed by atoms with Gasteiger partial charge in [-0.05, 0) is 18.8 Å². The van der Waals surface area contributed by atoms with Gasteiger partial charge in [-0.15, -0.1) is 11.8 Å². The molecule has 0 bridgehead atoms. The highest BCUT2D eigenvalue weighted by Gasteiger charge is 2.34. The van der Waals surface area contributed by atoms with Crippen LogP contribution >= 0.6 is 23.5 Å². The summed E-state index contributed by atoms with van der Waals surface area (Å²) in [6.45, 7) is 2.25. The average molecular weight is 258 g/mol. The first-order valence-corrected chi connectivity index (χ1v) is 8.76. The van der Waals surface area contributed by atoms with Gasteiger partial charge in [-0.3, -0.25) is 4.79 Å². The number of hydrogen-bond acceptors (Lipinski definition) is 3. The standard InChI is InChI=1S/C13H22OS2/c1-2-10-5-3-4-6-11(10)13(14)12-9-15-7-8-16-12/h10-12H,2-9H2,1H3. The van der Waals surface area contributed by atoms with Crippen molar-refractivity contribution in [3.63, 3.8) is 0 Å². The van der Waals surface area contributed by atoms with Gasteiger partial charge in [-0.25, -0.2) is 0 Å². The topological polar surface area (TPSA) is 17.1 Å². The Kier molecular flexibility index (Phi) is 5.08. The monoisotopic (exact) mass is 258 g/mol. The average Bonchev–Trinajstić information content (AvgIpc) is 2.39. The SMILES string of the molecule is CCC1CCCCC1C(=O)C1CSCCS1. The van der Waals surface area contributed by atoms with Crippen molar-refractivity contribution in [2.45, 2.75) is 44.3 Å². The van der Waals surface area contributed by atoms with Crippen LogP contribution in [0.3, 0.4) is 0 Å². The Balaban J connectivity index is 1.95. The number of hydrogen-bond donors (Lipinski definition) is 0. The molecule has 1 heterocycles. The van der Waals surface area contributed by atoms with E-state index in [-0.39, 0.29) is 0 Å². The van der Waals surface area contributed by atoms with Crippen LogP contribution in [0.4, 0.5) is 0 Å². The van der Waals surface area contributed by atoms with Crippen LogP contribution in [-0.2, 0) is 4.79 Å². The number of Topliss-reactive ketones (excluding diaryl/α,β-unsaturated/α-hetero) is 1. The molecule has 1 saturated heterocycles. The third kappa shape index (κ3) is 2.98. The Labute approximate surface area is 108 Å². The molecule has 0 radical (unpaired) electrons. The number of ketones is 1. The molecular formula is C13H22OS2. The van der Waals surface area contributed by atoms with Crippen molar-refractivity contribution in [2.24, 2.45) is 11.8 Å². The molecule has 2 fully saturated rings. The van der Waals surface area contributed by atoms with Crippen LogP contribution in [0.2, 0.25) is 0 Å². The maximum Gasteiger partial charge on any atom is 0.149 e. The summed E-state index contributed by atoms with van der Waals surface area (Å²) in [5.41, 5.74) is 0. The number of rotatable bonds is 3. The van der Waals surface area contributed by atoms with E-state index in [0.29, 0.717) is 22.9 Å². The predicted molar refractivity (Wildman–Crippen MR) is 74.3 cm³/mol. The van der Waals surface area contributed by atoms with Gasteiger partial charge in [0.25, 0.3) is 0 Å². The van der Waals surface area contributed by atoms with E-state index in [1.807, 2.05) is 23.5 Å². The summed E-state index contributed by atoms with van der Waals surface area (Å²) >= 11 is 3.87. The highest BCUT2D eigenvalue weighted by Crippen LogP contribution is 2.36. The second-order valence-corrected chi connectivity index (χ2v) is 7.36. The van der Waals surface area contributed by atoms with Gasteiger partial charge in [0.15, 0.2) is 0 Å². The van der Waals surface area contributed by atoms with E-state index in [0.717, 1.165) is 5.75 Å². The van der Waals surface area contributed by atoms with E-state index >= 15 is 0 Å². The summed E-state index contributed by atoms with van der Waals surface area (Å²) in [5, 5.41) is 0.316. The summed E-state index contributed by atoms with van der Waals surface area (Å²) in [6.07, 6.45) is 6.27. The molecule has 2 rings (SSSR count). The van der Waals surface area contributed by atoms with Gasteiger partial charge in [0, 0.05) is 23.2 Å². The van der Waals surface area contributed by atoms with Crippen molar-refractivity contribution in [2.75, 3.05) is 17.3 Å². The molecule has 3 atom stereocenters. The Morgan fingerprint density at radius 1 is 1.25 bits per heavy atom. The minimum Gasteiger partial charge on any atom is -0.298 e. The van der Waals surface area contributed by atoms with Crippen LogP contribution in [0, 0.1) is 11.8 Å². The summed E-state index contributed by atoms with van der Waals surface area (Å²) in [6, 6.07) is 0. The second kappa shape index (κ2) is 6.34. The van der Waals surface area contributed by atoms with Crippen LogP contribution in [0.1, 0.15) is 39.0 Å². The van der Waals surface area contributed by atoms with Gasteiger partial charge >= 0.3 is 0 Å². The fraction of sp³-hybridized carbons (Fsp3) is 0.923. The predicted octanol–water partition coefficient (Wildman–Crippen LogP) is 3.62. The highest BCUT2D eigenvalue weighted by molar-refractivity contribution is 8.07. The molecule has 1 aliphatic carbocycles. The first kappa shape index (κ1) is 12.8. The molecule has 16 heavy (non-hydrogen) atoms. The molecule has 0 aromatic rings. The molecule has 1 nitrogen and oxygen atoms in total. The Hall–Kier alpha value is 0.370. The molecule has 3 unspecified atom stereocenters. The van der Waals surface area contributed by atoms with Gasteiger partial charge in [0.2, 0.25) is 0 Å². The molecule has 3 heteroatoms. The van der Waals surface area contributed by atoms with Gasteiger partial charge in [-0.2, -0.15) is 11.8 Å². The van der Waals surface area contributed by atoms with Gasteiger partial charge in [0.1, 0.15) is 5.78 Å². The van der Waals surface area contributed by atoms with Crippen LogP contribution in [0.25, 0.3) is 0 Å². The fourth-order valence-electron chi connectivity index (χ4n) is 2.96. The van der Waals surface area contributed by atoms with Crippen molar-refractivity contribution < 1.29 is 4.79 Å². The van der Waals surface area contributed by atoms with Crippen molar-refractivity contribution in [1.29, 1.82) is 0 Å². The second-order valence-electron chi connectivity index (χ2n) is 4.90. The van der Waals surface area contributed by atoms with Crippen molar-refractivity contribution in [1.82, 2.24) is 0 Å². The summed E-state index contributed by atoms with van der Waals surface area (Å²) in [5.74, 6) is 5.14. The molecule has 0 spiro atoms. The Morgan fingerprint density at radius 2 is 2.06 bits per heavy atom.